The fourth-order valence-corrected chi connectivity index (χ4v) is 3.38. The van der Waals surface area contributed by atoms with Crippen molar-refractivity contribution in [3.8, 4) is 0 Å². The highest BCUT2D eigenvalue weighted by Gasteiger charge is 2.36. The van der Waals surface area contributed by atoms with Gasteiger partial charge >= 0.3 is 12.2 Å². The summed E-state index contributed by atoms with van der Waals surface area (Å²) in [5.41, 5.74) is -2.71. The number of aromatic nitrogens is 2. The molecule has 1 N–H and O–H groups in total. The average molecular weight is 393 g/mol. The normalized spacial score (nSPS) is 12.8. The summed E-state index contributed by atoms with van der Waals surface area (Å²) < 4.78 is 70.9. The first-order valence-corrected chi connectivity index (χ1v) is 8.97. The van der Waals surface area contributed by atoms with Crippen LogP contribution in [0.5, 0.6) is 0 Å². The van der Waals surface area contributed by atoms with E-state index in [1.165, 1.54) is 6.92 Å². The molecule has 142 valence electrons. The summed E-state index contributed by atoms with van der Waals surface area (Å²) in [6.45, 7) is 3.16. The van der Waals surface area contributed by atoms with Crippen LogP contribution in [0.3, 0.4) is 0 Å². The van der Waals surface area contributed by atoms with E-state index in [1.807, 2.05) is 0 Å². The van der Waals surface area contributed by atoms with Gasteiger partial charge in [0.25, 0.3) is 5.91 Å². The molecule has 0 saturated heterocycles. The molecule has 0 aliphatic carbocycles. The summed E-state index contributed by atoms with van der Waals surface area (Å²) in [7, 11) is -1.70. The fraction of sp³-hybridized carbons (Fsp3) is 0.400. The lowest BCUT2D eigenvalue weighted by Crippen LogP contribution is -2.19. The summed E-state index contributed by atoms with van der Waals surface area (Å²) in [5, 5.41) is 9.07. The Morgan fingerprint density at radius 2 is 2.00 bits per heavy atom. The van der Waals surface area contributed by atoms with E-state index in [4.69, 9.17) is 4.42 Å². The van der Waals surface area contributed by atoms with Gasteiger partial charge in [-0.05, 0) is 18.6 Å². The zero-order valence-electron chi connectivity index (χ0n) is 13.8. The number of hydrogen-bond acceptors (Lipinski definition) is 5. The van der Waals surface area contributed by atoms with Gasteiger partial charge in [0.15, 0.2) is 0 Å². The van der Waals surface area contributed by atoms with Gasteiger partial charge in [0.05, 0.1) is 16.9 Å². The van der Waals surface area contributed by atoms with Crippen molar-refractivity contribution in [1.82, 2.24) is 10.2 Å². The molecule has 0 aliphatic rings. The number of alkyl halides is 3. The summed E-state index contributed by atoms with van der Waals surface area (Å²) in [6.07, 6.45) is -4.38. The summed E-state index contributed by atoms with van der Waals surface area (Å²) >= 11 is 0. The van der Waals surface area contributed by atoms with Crippen LogP contribution in [0.1, 0.15) is 40.7 Å². The Hall–Kier alpha value is -2.30. The van der Waals surface area contributed by atoms with Gasteiger partial charge in [-0.3, -0.25) is 14.3 Å². The molecule has 1 heterocycles. The van der Waals surface area contributed by atoms with Crippen LogP contribution >= 0.6 is 0 Å². The Morgan fingerprint density at radius 1 is 1.31 bits per heavy atom. The Morgan fingerprint density at radius 3 is 2.54 bits per heavy atom. The number of carbonyl (C=O) groups is 1. The Kier molecular flexibility index (Phi) is 6.11. The lowest BCUT2D eigenvalue weighted by Gasteiger charge is -2.15. The zero-order valence-corrected chi connectivity index (χ0v) is 14.6. The van der Waals surface area contributed by atoms with Crippen LogP contribution in [-0.2, 0) is 22.7 Å². The van der Waals surface area contributed by atoms with E-state index >= 15 is 0 Å². The van der Waals surface area contributed by atoms with Crippen molar-refractivity contribution in [2.24, 2.45) is 0 Å². The first kappa shape index (κ1) is 20.0. The van der Waals surface area contributed by atoms with Crippen LogP contribution in [0, 0.1) is 12.7 Å². The molecular formula is C15H15F4N3O3S. The van der Waals surface area contributed by atoms with E-state index in [0.717, 1.165) is 0 Å². The predicted molar refractivity (Wildman–Crippen MR) is 85.4 cm³/mol. The second-order valence-electron chi connectivity index (χ2n) is 5.32. The zero-order chi connectivity index (χ0) is 19.5. The maximum absolute atomic E-state index is 14.7. The molecule has 1 aromatic heterocycles. The van der Waals surface area contributed by atoms with Gasteiger partial charge in [-0.2, -0.15) is 13.2 Å². The molecule has 1 atom stereocenters. The van der Waals surface area contributed by atoms with Crippen molar-refractivity contribution < 1.29 is 31.0 Å². The number of amides is 1. The van der Waals surface area contributed by atoms with Crippen LogP contribution in [0.25, 0.3) is 0 Å². The number of aryl methyl sites for hydroxylation is 1. The number of nitrogens with one attached hydrogen (secondary N) is 1. The maximum atomic E-state index is 14.7. The van der Waals surface area contributed by atoms with Crippen molar-refractivity contribution in [3.63, 3.8) is 0 Å². The highest BCUT2D eigenvalue weighted by atomic mass is 32.2. The highest BCUT2D eigenvalue weighted by Crippen LogP contribution is 2.35. The third-order valence-electron chi connectivity index (χ3n) is 3.28. The lowest BCUT2D eigenvalue weighted by atomic mass is 10.0. The van der Waals surface area contributed by atoms with Crippen LogP contribution in [0.4, 0.5) is 23.6 Å². The van der Waals surface area contributed by atoms with Crippen molar-refractivity contribution in [2.75, 3.05) is 11.1 Å². The minimum atomic E-state index is -4.84. The quantitative estimate of drug-likeness (QED) is 0.760. The topological polar surface area (TPSA) is 85.1 Å². The molecule has 0 spiro atoms. The number of benzene rings is 1. The number of rotatable bonds is 6. The van der Waals surface area contributed by atoms with Gasteiger partial charge in [-0.1, -0.05) is 12.0 Å². The fourth-order valence-electron chi connectivity index (χ4n) is 2.18. The Labute approximate surface area is 148 Å². The standard InChI is InChI=1S/C15H15F4N3O3S/c1-3-6-26(24)7-10-11(15(17,18)19)5-4-9(12(10)16)13(23)20-14-22-21-8(2)25-14/h4-5H,3,6-7H2,1-2H3,(H,20,22,23). The predicted octanol–water partition coefficient (Wildman–Crippen LogP) is 3.45. The van der Waals surface area contributed by atoms with Gasteiger partial charge in [-0.25, -0.2) is 4.39 Å². The van der Waals surface area contributed by atoms with Crippen molar-refractivity contribution in [2.45, 2.75) is 32.2 Å². The molecule has 2 rings (SSSR count). The van der Waals surface area contributed by atoms with Crippen LogP contribution in [0.15, 0.2) is 16.5 Å². The van der Waals surface area contributed by atoms with E-state index in [-0.39, 0.29) is 17.7 Å². The Balaban J connectivity index is 2.41. The minimum absolute atomic E-state index is 0.119. The van der Waals surface area contributed by atoms with E-state index in [9.17, 15) is 26.6 Å². The number of nitrogens with zero attached hydrogens (tertiary/aromatic N) is 2. The van der Waals surface area contributed by atoms with Crippen LogP contribution in [0.2, 0.25) is 0 Å². The second-order valence-corrected chi connectivity index (χ2v) is 6.90. The van der Waals surface area contributed by atoms with E-state index in [2.05, 4.69) is 15.5 Å². The molecule has 2 aromatic rings. The number of anilines is 1. The molecule has 1 amide bonds. The van der Waals surface area contributed by atoms with Crippen molar-refractivity contribution in [1.29, 1.82) is 0 Å². The smallest absolute Gasteiger partial charge is 0.408 e. The molecule has 6 nitrogen and oxygen atoms in total. The third kappa shape index (κ3) is 4.65. The monoisotopic (exact) mass is 393 g/mol. The molecule has 0 bridgehead atoms. The molecule has 26 heavy (non-hydrogen) atoms. The number of hydrogen-bond donors (Lipinski definition) is 1. The van der Waals surface area contributed by atoms with E-state index in [0.29, 0.717) is 18.6 Å². The van der Waals surface area contributed by atoms with Gasteiger partial charge in [0.2, 0.25) is 5.89 Å². The van der Waals surface area contributed by atoms with Gasteiger partial charge < -0.3 is 4.42 Å². The lowest BCUT2D eigenvalue weighted by molar-refractivity contribution is -0.138. The van der Waals surface area contributed by atoms with Gasteiger partial charge in [0, 0.05) is 29.0 Å². The second kappa shape index (κ2) is 7.94. The SMILES string of the molecule is CCCS(=O)Cc1c(C(F)(F)F)ccc(C(=O)Nc2nnc(C)o2)c1F. The molecule has 0 radical (unpaired) electrons. The molecule has 1 aromatic carbocycles. The molecule has 0 saturated carbocycles. The largest absolute Gasteiger partial charge is 0.416 e. The molecule has 0 fully saturated rings. The van der Waals surface area contributed by atoms with Crippen molar-refractivity contribution in [3.05, 3.63) is 40.5 Å². The first-order valence-electron chi connectivity index (χ1n) is 7.48. The Bertz CT molecular complexity index is 836. The summed E-state index contributed by atoms with van der Waals surface area (Å²) in [4.78, 5) is 12.1. The molecule has 11 heteroatoms. The molecular weight excluding hydrogens is 378 g/mol. The van der Waals surface area contributed by atoms with Crippen LogP contribution < -0.4 is 5.32 Å². The molecule has 0 aliphatic heterocycles. The third-order valence-corrected chi connectivity index (χ3v) is 4.75. The summed E-state index contributed by atoms with van der Waals surface area (Å²) in [6, 6.07) is 0.987. The summed E-state index contributed by atoms with van der Waals surface area (Å²) in [5.74, 6) is -2.81. The van der Waals surface area contributed by atoms with E-state index < -0.39 is 51.1 Å². The van der Waals surface area contributed by atoms with Gasteiger partial charge in [0.1, 0.15) is 5.82 Å². The van der Waals surface area contributed by atoms with Crippen LogP contribution in [-0.4, -0.2) is 26.1 Å². The molecule has 1 unspecified atom stereocenters. The van der Waals surface area contributed by atoms with Gasteiger partial charge in [-0.15, -0.1) is 5.10 Å². The highest BCUT2D eigenvalue weighted by molar-refractivity contribution is 7.84. The average Bonchev–Trinajstić information content (AvgIpc) is 2.93. The van der Waals surface area contributed by atoms with E-state index in [1.54, 1.807) is 6.92 Å². The minimum Gasteiger partial charge on any atom is -0.408 e. The van der Waals surface area contributed by atoms with Crippen molar-refractivity contribution >= 4 is 22.7 Å². The number of halogens is 4. The number of carbonyl (C=O) groups excluding carboxylic acids is 1. The first-order chi connectivity index (χ1) is 12.1. The maximum Gasteiger partial charge on any atom is 0.416 e.